The third-order valence-electron chi connectivity index (χ3n) is 2.82. The van der Waals surface area contributed by atoms with Crippen LogP contribution >= 0.6 is 0 Å². The summed E-state index contributed by atoms with van der Waals surface area (Å²) in [5, 5.41) is 3.29. The van der Waals surface area contributed by atoms with Crippen LogP contribution in [0.3, 0.4) is 0 Å². The molecule has 96 valence electrons. The zero-order valence-corrected chi connectivity index (χ0v) is 10.8. The van der Waals surface area contributed by atoms with Crippen LogP contribution in [0.5, 0.6) is 0 Å². The Labute approximate surface area is 113 Å². The number of carbonyl (C=O) groups excluding carboxylic acids is 1. The van der Waals surface area contributed by atoms with Crippen LogP contribution in [0, 0.1) is 0 Å². The van der Waals surface area contributed by atoms with Crippen molar-refractivity contribution in [2.45, 2.75) is 0 Å². The highest BCUT2D eigenvalue weighted by Crippen LogP contribution is 2.20. The molecule has 0 heterocycles. The normalized spacial score (nSPS) is 9.74. The maximum absolute atomic E-state index is 11.5. The van der Waals surface area contributed by atoms with Crippen LogP contribution < -0.4 is 10.2 Å². The predicted molar refractivity (Wildman–Crippen MR) is 79.8 cm³/mol. The first kappa shape index (κ1) is 12.9. The van der Waals surface area contributed by atoms with Crippen LogP contribution in [0.15, 0.2) is 67.3 Å². The van der Waals surface area contributed by atoms with E-state index in [0.29, 0.717) is 0 Å². The molecule has 0 unspecified atom stereocenters. The molecule has 0 aromatic heterocycles. The first-order valence-electron chi connectivity index (χ1n) is 6.03. The first-order valence-corrected chi connectivity index (χ1v) is 6.03. The van der Waals surface area contributed by atoms with Crippen molar-refractivity contribution in [2.24, 2.45) is 0 Å². The Bertz CT molecular complexity index is 561. The Morgan fingerprint density at radius 1 is 1.05 bits per heavy atom. The molecule has 2 rings (SSSR count). The number of benzene rings is 2. The van der Waals surface area contributed by atoms with Gasteiger partial charge >= 0.3 is 0 Å². The van der Waals surface area contributed by atoms with Gasteiger partial charge in [-0.2, -0.15) is 0 Å². The van der Waals surface area contributed by atoms with Gasteiger partial charge in [0.2, 0.25) is 5.91 Å². The lowest BCUT2D eigenvalue weighted by molar-refractivity contribution is -0.113. The van der Waals surface area contributed by atoms with Crippen LogP contribution in [0.25, 0.3) is 0 Å². The van der Waals surface area contributed by atoms with E-state index in [1.807, 2.05) is 54.6 Å². The van der Waals surface area contributed by atoms with Gasteiger partial charge in [-0.1, -0.05) is 24.8 Å². The number of amides is 1. The number of hydrogen-bond donors (Lipinski definition) is 1. The number of para-hydroxylation sites is 1. The number of nitrogens with one attached hydrogen (secondary N) is 1. The molecule has 3 nitrogen and oxygen atoms in total. The number of hydrogen-bond acceptors (Lipinski definition) is 2. The van der Waals surface area contributed by atoms with Crippen molar-refractivity contribution >= 4 is 23.0 Å². The zero-order valence-electron chi connectivity index (χ0n) is 10.8. The summed E-state index contributed by atoms with van der Waals surface area (Å²) in [4.78, 5) is 13.0. The van der Waals surface area contributed by atoms with Crippen molar-refractivity contribution < 1.29 is 4.79 Å². The minimum absolute atomic E-state index is 0.122. The van der Waals surface area contributed by atoms with Gasteiger partial charge in [-0.15, -0.1) is 0 Å². The summed E-state index contributed by atoms with van der Waals surface area (Å²) in [5.41, 5.74) is 2.85. The highest BCUT2D eigenvalue weighted by atomic mass is 16.2. The maximum atomic E-state index is 11.5. The molecule has 0 saturated heterocycles. The Morgan fingerprint density at radius 3 is 2.21 bits per heavy atom. The molecule has 2 aromatic rings. The second-order valence-electron chi connectivity index (χ2n) is 4.14. The number of anilines is 3. The summed E-state index contributed by atoms with van der Waals surface area (Å²) >= 11 is 0. The Morgan fingerprint density at radius 2 is 1.63 bits per heavy atom. The zero-order chi connectivity index (χ0) is 13.7. The number of likely N-dealkylation sites (N-methyl/N-ethyl adjacent to an activating group) is 1. The molecule has 0 atom stereocenters. The van der Waals surface area contributed by atoms with Gasteiger partial charge in [0.25, 0.3) is 0 Å². The summed E-state index contributed by atoms with van der Waals surface area (Å²) in [7, 11) is 1.73. The average Bonchev–Trinajstić information content (AvgIpc) is 2.47. The average molecular weight is 252 g/mol. The molecular weight excluding hydrogens is 236 g/mol. The Kier molecular flexibility index (Phi) is 3.98. The van der Waals surface area contributed by atoms with E-state index in [2.05, 4.69) is 11.9 Å². The van der Waals surface area contributed by atoms with Crippen molar-refractivity contribution in [3.63, 3.8) is 0 Å². The minimum Gasteiger partial charge on any atom is -0.356 e. The molecule has 0 fully saturated rings. The largest absolute Gasteiger partial charge is 0.356 e. The summed E-state index contributed by atoms with van der Waals surface area (Å²) in [6.07, 6.45) is 1.30. The predicted octanol–water partition coefficient (Wildman–Crippen LogP) is 3.58. The fourth-order valence-electron chi connectivity index (χ4n) is 1.72. The van der Waals surface area contributed by atoms with Gasteiger partial charge in [0.1, 0.15) is 0 Å². The van der Waals surface area contributed by atoms with Crippen molar-refractivity contribution in [2.75, 3.05) is 17.3 Å². The van der Waals surface area contributed by atoms with Crippen LogP contribution in [0.1, 0.15) is 0 Å². The van der Waals surface area contributed by atoms with Gasteiger partial charge in [-0.25, -0.2) is 0 Å². The molecule has 1 amide bonds. The van der Waals surface area contributed by atoms with E-state index in [9.17, 15) is 4.79 Å². The monoisotopic (exact) mass is 252 g/mol. The van der Waals surface area contributed by atoms with Gasteiger partial charge in [0, 0.05) is 24.1 Å². The van der Waals surface area contributed by atoms with Gasteiger partial charge < -0.3 is 10.2 Å². The summed E-state index contributed by atoms with van der Waals surface area (Å²) < 4.78 is 0. The molecule has 0 saturated carbocycles. The summed E-state index contributed by atoms with van der Waals surface area (Å²) in [6.45, 7) is 3.48. The topological polar surface area (TPSA) is 32.3 Å². The molecule has 0 bridgehead atoms. The third kappa shape index (κ3) is 3.22. The molecule has 19 heavy (non-hydrogen) atoms. The van der Waals surface area contributed by atoms with Crippen LogP contribution in [-0.2, 0) is 4.79 Å². The van der Waals surface area contributed by atoms with Crippen LogP contribution in [-0.4, -0.2) is 13.0 Å². The molecule has 0 radical (unpaired) electrons. The molecule has 0 aliphatic heterocycles. The van der Waals surface area contributed by atoms with Gasteiger partial charge in [-0.3, -0.25) is 4.79 Å². The van der Waals surface area contributed by atoms with Gasteiger partial charge in [0.15, 0.2) is 0 Å². The Hall–Kier alpha value is -2.55. The van der Waals surface area contributed by atoms with Crippen molar-refractivity contribution in [3.05, 3.63) is 67.3 Å². The summed E-state index contributed by atoms with van der Waals surface area (Å²) in [5.74, 6) is -0.122. The third-order valence-corrected chi connectivity index (χ3v) is 2.82. The molecule has 2 aromatic carbocycles. The number of rotatable bonds is 4. The number of nitrogens with zero attached hydrogens (tertiary/aromatic N) is 1. The summed E-state index contributed by atoms with van der Waals surface area (Å²) in [6, 6.07) is 17.6. The fourth-order valence-corrected chi connectivity index (χ4v) is 1.72. The van der Waals surface area contributed by atoms with Crippen molar-refractivity contribution in [1.29, 1.82) is 0 Å². The second-order valence-corrected chi connectivity index (χ2v) is 4.14. The molecule has 0 aliphatic rings. The fraction of sp³-hybridized carbons (Fsp3) is 0.0625. The van der Waals surface area contributed by atoms with Crippen molar-refractivity contribution in [3.8, 4) is 0 Å². The standard InChI is InChI=1S/C16H16N2O/c1-3-16(19)18(2)15-11-9-14(10-12-15)17-13-7-5-4-6-8-13/h3-12,17H,1H2,2H3. The minimum atomic E-state index is -0.122. The van der Waals surface area contributed by atoms with Crippen molar-refractivity contribution in [1.82, 2.24) is 0 Å². The molecular formula is C16H16N2O. The van der Waals surface area contributed by atoms with Gasteiger partial charge in [-0.05, 0) is 42.5 Å². The second kappa shape index (κ2) is 5.87. The smallest absolute Gasteiger partial charge is 0.250 e. The molecule has 3 heteroatoms. The van der Waals surface area contributed by atoms with Crippen LogP contribution in [0.2, 0.25) is 0 Å². The SMILES string of the molecule is C=CC(=O)N(C)c1ccc(Nc2ccccc2)cc1. The highest BCUT2D eigenvalue weighted by molar-refractivity contribution is 6.00. The van der Waals surface area contributed by atoms with E-state index in [4.69, 9.17) is 0 Å². The van der Waals surface area contributed by atoms with Gasteiger partial charge in [0.05, 0.1) is 0 Å². The lowest BCUT2D eigenvalue weighted by Crippen LogP contribution is -2.23. The van der Waals surface area contributed by atoms with E-state index in [0.717, 1.165) is 17.1 Å². The highest BCUT2D eigenvalue weighted by Gasteiger charge is 2.06. The van der Waals surface area contributed by atoms with E-state index < -0.39 is 0 Å². The maximum Gasteiger partial charge on any atom is 0.250 e. The quantitative estimate of drug-likeness (QED) is 0.843. The molecule has 0 aliphatic carbocycles. The van der Waals surface area contributed by atoms with Crippen LogP contribution in [0.4, 0.5) is 17.1 Å². The van der Waals surface area contributed by atoms with E-state index in [-0.39, 0.29) is 5.91 Å². The van der Waals surface area contributed by atoms with E-state index >= 15 is 0 Å². The lowest BCUT2D eigenvalue weighted by Gasteiger charge is -2.15. The Balaban J connectivity index is 2.10. The molecule has 1 N–H and O–H groups in total. The number of carbonyl (C=O) groups is 1. The first-order chi connectivity index (χ1) is 9.20. The van der Waals surface area contributed by atoms with E-state index in [1.54, 1.807) is 11.9 Å². The molecule has 0 spiro atoms. The lowest BCUT2D eigenvalue weighted by atomic mass is 10.2. The van der Waals surface area contributed by atoms with E-state index in [1.165, 1.54) is 6.08 Å².